The lowest BCUT2D eigenvalue weighted by Gasteiger charge is -2.04. The molecule has 0 bridgehead atoms. The van der Waals surface area contributed by atoms with Gasteiger partial charge >= 0.3 is 17.3 Å². The molecule has 0 saturated heterocycles. The highest BCUT2D eigenvalue weighted by molar-refractivity contribution is 5.97. The molecule has 0 saturated carbocycles. The van der Waals surface area contributed by atoms with E-state index in [1.807, 2.05) is 0 Å². The second-order valence-corrected chi connectivity index (χ2v) is 3.08. The topological polar surface area (TPSA) is 144 Å². The Balaban J connectivity index is 3.83. The molecule has 2 N–H and O–H groups in total. The number of carbonyl (C=O) groups is 1. The van der Waals surface area contributed by atoms with E-state index in [1.54, 1.807) is 0 Å². The molecule has 17 heavy (non-hydrogen) atoms. The van der Waals surface area contributed by atoms with Crippen molar-refractivity contribution in [3.8, 4) is 5.75 Å². The molecule has 0 radical (unpaired) electrons. The van der Waals surface area contributed by atoms with E-state index in [0.717, 1.165) is 6.92 Å². The van der Waals surface area contributed by atoms with Gasteiger partial charge in [-0.25, -0.2) is 4.79 Å². The molecule has 0 amide bonds. The maximum Gasteiger partial charge on any atom is 0.361 e. The molecule has 0 fully saturated rings. The zero-order chi connectivity index (χ0) is 13.3. The van der Waals surface area contributed by atoms with Gasteiger partial charge in [-0.15, -0.1) is 0 Å². The average Bonchev–Trinajstić information content (AvgIpc) is 2.19. The maximum absolute atomic E-state index is 10.8. The van der Waals surface area contributed by atoms with Gasteiger partial charge in [0, 0.05) is 5.56 Å². The molecular formula is C8H6N2O7. The van der Waals surface area contributed by atoms with Crippen LogP contribution < -0.4 is 0 Å². The summed E-state index contributed by atoms with van der Waals surface area (Å²) >= 11 is 0. The van der Waals surface area contributed by atoms with Crippen LogP contribution in [0, 0.1) is 27.2 Å². The first-order valence-corrected chi connectivity index (χ1v) is 4.16. The number of carboxylic acid groups (broad SMARTS) is 1. The standard InChI is InChI=1S/C8H6N2O7/c1-3-5(11)2-4(9(14)15)7(10(16)17)6(3)8(12)13/h2,11H,1H3,(H,12,13). The number of aromatic hydroxyl groups is 1. The van der Waals surface area contributed by atoms with Crippen LogP contribution in [0.2, 0.25) is 0 Å². The van der Waals surface area contributed by atoms with Crippen molar-refractivity contribution < 1.29 is 24.9 Å². The Morgan fingerprint density at radius 1 is 1.29 bits per heavy atom. The Kier molecular flexibility index (Phi) is 2.94. The van der Waals surface area contributed by atoms with Crippen molar-refractivity contribution in [2.24, 2.45) is 0 Å². The molecule has 0 aliphatic carbocycles. The number of hydrogen-bond acceptors (Lipinski definition) is 6. The van der Waals surface area contributed by atoms with Gasteiger partial charge in [0.2, 0.25) is 0 Å². The van der Waals surface area contributed by atoms with Crippen molar-refractivity contribution >= 4 is 17.3 Å². The van der Waals surface area contributed by atoms with Crippen LogP contribution in [0.3, 0.4) is 0 Å². The monoisotopic (exact) mass is 242 g/mol. The first-order chi connectivity index (χ1) is 7.77. The molecule has 0 atom stereocenters. The molecule has 9 heteroatoms. The van der Waals surface area contributed by atoms with E-state index in [2.05, 4.69) is 0 Å². The minimum atomic E-state index is -1.71. The normalized spacial score (nSPS) is 9.94. The molecule has 0 aliphatic heterocycles. The summed E-state index contributed by atoms with van der Waals surface area (Å²) in [6, 6.07) is 0.555. The quantitative estimate of drug-likeness (QED) is 0.598. The predicted octanol–water partition coefficient (Wildman–Crippen LogP) is 1.22. The summed E-state index contributed by atoms with van der Waals surface area (Å²) in [4.78, 5) is 29.8. The number of benzene rings is 1. The third kappa shape index (κ3) is 1.97. The van der Waals surface area contributed by atoms with Crippen LogP contribution in [0.5, 0.6) is 5.75 Å². The molecule has 0 aromatic heterocycles. The number of nitrogens with zero attached hydrogens (tertiary/aromatic N) is 2. The second-order valence-electron chi connectivity index (χ2n) is 3.08. The average molecular weight is 242 g/mol. The van der Waals surface area contributed by atoms with Crippen LogP contribution in [-0.4, -0.2) is 26.0 Å². The number of nitro benzene ring substituents is 2. The largest absolute Gasteiger partial charge is 0.507 e. The summed E-state index contributed by atoms with van der Waals surface area (Å²) in [7, 11) is 0. The van der Waals surface area contributed by atoms with Gasteiger partial charge in [-0.3, -0.25) is 20.2 Å². The number of rotatable bonds is 3. The SMILES string of the molecule is Cc1c(O)cc([N+](=O)[O-])c([N+](=O)[O-])c1C(=O)O. The van der Waals surface area contributed by atoms with Gasteiger partial charge in [0.15, 0.2) is 5.56 Å². The van der Waals surface area contributed by atoms with Crippen molar-refractivity contribution in [3.63, 3.8) is 0 Å². The van der Waals surface area contributed by atoms with Gasteiger partial charge in [0.05, 0.1) is 15.9 Å². The fraction of sp³-hybridized carbons (Fsp3) is 0.125. The van der Waals surface area contributed by atoms with Crippen LogP contribution in [0.15, 0.2) is 6.07 Å². The zero-order valence-electron chi connectivity index (χ0n) is 8.41. The van der Waals surface area contributed by atoms with Crippen molar-refractivity contribution in [1.82, 2.24) is 0 Å². The summed E-state index contributed by atoms with van der Waals surface area (Å²) in [5.74, 6) is -2.40. The highest BCUT2D eigenvalue weighted by atomic mass is 16.6. The van der Waals surface area contributed by atoms with E-state index in [0.29, 0.717) is 6.07 Å². The van der Waals surface area contributed by atoms with Gasteiger partial charge in [0.1, 0.15) is 5.75 Å². The van der Waals surface area contributed by atoms with Crippen molar-refractivity contribution in [2.75, 3.05) is 0 Å². The molecule has 0 heterocycles. The lowest BCUT2D eigenvalue weighted by molar-refractivity contribution is -0.422. The van der Waals surface area contributed by atoms with Crippen molar-refractivity contribution in [1.29, 1.82) is 0 Å². The summed E-state index contributed by atoms with van der Waals surface area (Å²) in [6.45, 7) is 1.12. The first-order valence-electron chi connectivity index (χ1n) is 4.16. The third-order valence-corrected chi connectivity index (χ3v) is 2.11. The smallest absolute Gasteiger partial charge is 0.361 e. The fourth-order valence-electron chi connectivity index (χ4n) is 1.33. The summed E-state index contributed by atoms with van der Waals surface area (Å²) in [6.07, 6.45) is 0. The number of phenols is 1. The molecule has 0 unspecified atom stereocenters. The number of aromatic carboxylic acids is 1. The summed E-state index contributed by atoms with van der Waals surface area (Å²) in [5, 5.41) is 39.3. The minimum Gasteiger partial charge on any atom is -0.507 e. The minimum absolute atomic E-state index is 0.296. The zero-order valence-corrected chi connectivity index (χ0v) is 8.41. The second kappa shape index (κ2) is 4.04. The van der Waals surface area contributed by atoms with Gasteiger partial charge in [-0.05, 0) is 6.92 Å². The molecule has 1 aromatic rings. The van der Waals surface area contributed by atoms with Crippen LogP contribution in [0.4, 0.5) is 11.4 Å². The molecule has 1 aromatic carbocycles. The number of phenolic OH excluding ortho intramolecular Hbond substituents is 1. The molecule has 0 spiro atoms. The molecule has 1 rings (SSSR count). The number of nitro groups is 2. The Bertz CT molecular complexity index is 537. The Labute approximate surface area is 93.2 Å². The Morgan fingerprint density at radius 3 is 2.18 bits per heavy atom. The highest BCUT2D eigenvalue weighted by Crippen LogP contribution is 2.37. The van der Waals surface area contributed by atoms with Crippen LogP contribution >= 0.6 is 0 Å². The molecular weight excluding hydrogens is 236 g/mol. The summed E-state index contributed by atoms with van der Waals surface area (Å²) < 4.78 is 0. The lowest BCUT2D eigenvalue weighted by atomic mass is 10.0. The predicted molar refractivity (Wildman–Crippen MR) is 53.1 cm³/mol. The highest BCUT2D eigenvalue weighted by Gasteiger charge is 2.35. The van der Waals surface area contributed by atoms with Crippen molar-refractivity contribution in [2.45, 2.75) is 6.92 Å². The Hall–Kier alpha value is -2.71. The Morgan fingerprint density at radius 2 is 1.82 bits per heavy atom. The van der Waals surface area contributed by atoms with E-state index in [9.17, 15) is 30.1 Å². The number of hydrogen-bond donors (Lipinski definition) is 2. The van der Waals surface area contributed by atoms with E-state index in [1.165, 1.54) is 0 Å². The van der Waals surface area contributed by atoms with Crippen LogP contribution in [0.25, 0.3) is 0 Å². The molecule has 0 aliphatic rings. The number of carboxylic acids is 1. The lowest BCUT2D eigenvalue weighted by Crippen LogP contribution is -2.08. The van der Waals surface area contributed by atoms with Gasteiger partial charge < -0.3 is 10.2 Å². The van der Waals surface area contributed by atoms with Gasteiger partial charge in [-0.2, -0.15) is 0 Å². The third-order valence-electron chi connectivity index (χ3n) is 2.11. The maximum atomic E-state index is 10.8. The van der Waals surface area contributed by atoms with Gasteiger partial charge in [0.25, 0.3) is 0 Å². The van der Waals surface area contributed by atoms with Crippen molar-refractivity contribution in [3.05, 3.63) is 37.4 Å². The van der Waals surface area contributed by atoms with Gasteiger partial charge in [-0.1, -0.05) is 0 Å². The van der Waals surface area contributed by atoms with E-state index < -0.39 is 38.5 Å². The van der Waals surface area contributed by atoms with E-state index >= 15 is 0 Å². The molecule has 90 valence electrons. The summed E-state index contributed by atoms with van der Waals surface area (Å²) in [5.41, 5.74) is -3.38. The molecule has 9 nitrogen and oxygen atoms in total. The van der Waals surface area contributed by atoms with Crippen LogP contribution in [-0.2, 0) is 0 Å². The van der Waals surface area contributed by atoms with E-state index in [4.69, 9.17) is 5.11 Å². The van der Waals surface area contributed by atoms with Crippen LogP contribution in [0.1, 0.15) is 15.9 Å². The van der Waals surface area contributed by atoms with E-state index in [-0.39, 0.29) is 5.56 Å². The first kappa shape index (κ1) is 12.4. The fourth-order valence-corrected chi connectivity index (χ4v) is 1.33.